The molecule has 0 bridgehead atoms. The number of rotatable bonds is 7. The van der Waals surface area contributed by atoms with Gasteiger partial charge in [-0.25, -0.2) is 0 Å². The molecule has 2 fully saturated rings. The van der Waals surface area contributed by atoms with Crippen LogP contribution in [0.25, 0.3) is 0 Å². The topological polar surface area (TPSA) is 61.4 Å². The summed E-state index contributed by atoms with van der Waals surface area (Å²) in [5, 5.41) is 11.3. The number of carbonyl (C=O) groups excluding carboxylic acids is 1. The second-order valence-corrected chi connectivity index (χ2v) is 8.74. The lowest BCUT2D eigenvalue weighted by Gasteiger charge is -2.35. The minimum absolute atomic E-state index is 0.124. The summed E-state index contributed by atoms with van der Waals surface area (Å²) < 4.78 is 38.4. The molecule has 10 heteroatoms. The van der Waals surface area contributed by atoms with Crippen molar-refractivity contribution in [2.24, 2.45) is 5.92 Å². The van der Waals surface area contributed by atoms with Gasteiger partial charge in [-0.2, -0.15) is 13.2 Å². The van der Waals surface area contributed by atoms with Crippen molar-refractivity contribution in [1.82, 2.24) is 20.4 Å². The van der Waals surface area contributed by atoms with Gasteiger partial charge in [-0.05, 0) is 42.2 Å². The highest BCUT2D eigenvalue weighted by atomic mass is 35.5. The predicted octanol–water partition coefficient (Wildman–Crippen LogP) is 4.00. The molecular formula is C22H25ClF3N5O. The van der Waals surface area contributed by atoms with Crippen LogP contribution < -0.4 is 10.2 Å². The molecule has 1 aliphatic carbocycles. The maximum Gasteiger partial charge on any atom is 0.416 e. The largest absolute Gasteiger partial charge is 0.416 e. The molecule has 1 aromatic carbocycles. The van der Waals surface area contributed by atoms with Crippen molar-refractivity contribution in [3.8, 4) is 0 Å². The SMILES string of the molecule is O=C(NCCC1CC1)c1ccc(N2CCN(Cc3ccc(C(F)(F)F)cc3Cl)CC2)nn1. The van der Waals surface area contributed by atoms with Crippen LogP contribution >= 0.6 is 11.6 Å². The van der Waals surface area contributed by atoms with Crippen molar-refractivity contribution in [3.05, 3.63) is 52.2 Å². The lowest BCUT2D eigenvalue weighted by molar-refractivity contribution is -0.137. The van der Waals surface area contributed by atoms with E-state index in [4.69, 9.17) is 11.6 Å². The van der Waals surface area contributed by atoms with E-state index in [2.05, 4.69) is 25.3 Å². The van der Waals surface area contributed by atoms with E-state index in [0.717, 1.165) is 24.5 Å². The van der Waals surface area contributed by atoms with Crippen LogP contribution in [-0.4, -0.2) is 53.7 Å². The lowest BCUT2D eigenvalue weighted by Crippen LogP contribution is -2.46. The van der Waals surface area contributed by atoms with Gasteiger partial charge in [-0.3, -0.25) is 9.69 Å². The van der Waals surface area contributed by atoms with Gasteiger partial charge in [0.25, 0.3) is 5.91 Å². The zero-order chi connectivity index (χ0) is 22.7. The number of alkyl halides is 3. The summed E-state index contributed by atoms with van der Waals surface area (Å²) in [6, 6.07) is 6.97. The van der Waals surface area contributed by atoms with Gasteiger partial charge in [0, 0.05) is 44.3 Å². The van der Waals surface area contributed by atoms with Crippen molar-refractivity contribution >= 4 is 23.3 Å². The maximum atomic E-state index is 12.8. The first-order chi connectivity index (χ1) is 15.3. The molecule has 172 valence electrons. The van der Waals surface area contributed by atoms with Crippen LogP contribution in [0.1, 0.15) is 40.9 Å². The van der Waals surface area contributed by atoms with Crippen molar-refractivity contribution < 1.29 is 18.0 Å². The van der Waals surface area contributed by atoms with Crippen LogP contribution in [0.4, 0.5) is 19.0 Å². The van der Waals surface area contributed by atoms with Gasteiger partial charge in [0.05, 0.1) is 5.56 Å². The molecule has 2 aliphatic rings. The molecular weight excluding hydrogens is 443 g/mol. The van der Waals surface area contributed by atoms with Crippen molar-refractivity contribution in [2.45, 2.75) is 32.0 Å². The van der Waals surface area contributed by atoms with Crippen molar-refractivity contribution in [1.29, 1.82) is 0 Å². The van der Waals surface area contributed by atoms with Crippen LogP contribution in [0, 0.1) is 5.92 Å². The Labute approximate surface area is 189 Å². The average Bonchev–Trinajstić information content (AvgIpc) is 3.59. The van der Waals surface area contributed by atoms with E-state index in [0.29, 0.717) is 56.3 Å². The Hall–Kier alpha value is -2.39. The molecule has 1 saturated carbocycles. The standard InChI is InChI=1S/C22H25ClF3N5O/c23-18-13-17(22(24,25)26)4-3-16(18)14-30-9-11-31(12-10-30)20-6-5-19(28-29-20)21(32)27-8-7-15-1-2-15/h3-6,13,15H,1-2,7-12,14H2,(H,27,32). The fourth-order valence-electron chi connectivity index (χ4n) is 3.73. The monoisotopic (exact) mass is 467 g/mol. The number of anilines is 1. The van der Waals surface area contributed by atoms with Crippen LogP contribution in [-0.2, 0) is 12.7 Å². The normalized spacial score (nSPS) is 17.4. The van der Waals surface area contributed by atoms with Crippen LogP contribution in [0.15, 0.2) is 30.3 Å². The third kappa shape index (κ3) is 5.89. The Morgan fingerprint density at radius 3 is 2.44 bits per heavy atom. The number of hydrogen-bond acceptors (Lipinski definition) is 5. The number of nitrogens with zero attached hydrogens (tertiary/aromatic N) is 4. The van der Waals surface area contributed by atoms with E-state index in [1.54, 1.807) is 12.1 Å². The maximum absolute atomic E-state index is 12.8. The summed E-state index contributed by atoms with van der Waals surface area (Å²) in [5.41, 5.74) is 0.236. The number of nitrogens with one attached hydrogen (secondary N) is 1. The first kappa shape index (κ1) is 22.8. The first-order valence-electron chi connectivity index (χ1n) is 10.7. The Morgan fingerprint density at radius 2 is 1.84 bits per heavy atom. The molecule has 6 nitrogen and oxygen atoms in total. The van der Waals surface area contributed by atoms with Gasteiger partial charge >= 0.3 is 6.18 Å². The molecule has 32 heavy (non-hydrogen) atoms. The van der Waals surface area contributed by atoms with Crippen molar-refractivity contribution in [2.75, 3.05) is 37.6 Å². The predicted molar refractivity (Wildman–Crippen MR) is 116 cm³/mol. The second kappa shape index (κ2) is 9.62. The summed E-state index contributed by atoms with van der Waals surface area (Å²) in [4.78, 5) is 16.4. The van der Waals surface area contributed by atoms with Crippen LogP contribution in [0.2, 0.25) is 5.02 Å². The van der Waals surface area contributed by atoms with E-state index in [1.807, 2.05) is 0 Å². The van der Waals surface area contributed by atoms with E-state index >= 15 is 0 Å². The molecule has 0 atom stereocenters. The highest BCUT2D eigenvalue weighted by Crippen LogP contribution is 2.33. The lowest BCUT2D eigenvalue weighted by atomic mass is 10.1. The molecule has 0 radical (unpaired) electrons. The zero-order valence-electron chi connectivity index (χ0n) is 17.5. The van der Waals surface area contributed by atoms with Gasteiger partial charge in [-0.15, -0.1) is 10.2 Å². The van der Waals surface area contributed by atoms with Gasteiger partial charge in [0.15, 0.2) is 11.5 Å². The Bertz CT molecular complexity index is 942. The molecule has 0 spiro atoms. The Morgan fingerprint density at radius 1 is 1.09 bits per heavy atom. The summed E-state index contributed by atoms with van der Waals surface area (Å²) in [5.74, 6) is 1.26. The smallest absolute Gasteiger partial charge is 0.353 e. The molecule has 1 aromatic heterocycles. The molecule has 1 saturated heterocycles. The Balaban J connectivity index is 1.26. The molecule has 4 rings (SSSR count). The van der Waals surface area contributed by atoms with E-state index in [-0.39, 0.29) is 10.9 Å². The number of halogens is 4. The summed E-state index contributed by atoms with van der Waals surface area (Å²) in [7, 11) is 0. The first-order valence-corrected chi connectivity index (χ1v) is 11.1. The van der Waals surface area contributed by atoms with Gasteiger partial charge in [0.2, 0.25) is 0 Å². The van der Waals surface area contributed by atoms with Crippen molar-refractivity contribution in [3.63, 3.8) is 0 Å². The fraction of sp³-hybridized carbons (Fsp3) is 0.500. The number of aromatic nitrogens is 2. The van der Waals surface area contributed by atoms with Crippen LogP contribution in [0.3, 0.4) is 0 Å². The number of benzene rings is 1. The summed E-state index contributed by atoms with van der Waals surface area (Å²) >= 11 is 6.08. The molecule has 1 aliphatic heterocycles. The molecule has 0 unspecified atom stereocenters. The third-order valence-corrected chi connectivity index (χ3v) is 6.24. The second-order valence-electron chi connectivity index (χ2n) is 8.33. The van der Waals surface area contributed by atoms with E-state index < -0.39 is 11.7 Å². The quantitative estimate of drug-likeness (QED) is 0.667. The number of carbonyl (C=O) groups is 1. The fourth-order valence-corrected chi connectivity index (χ4v) is 3.97. The van der Waals surface area contributed by atoms with Gasteiger partial charge < -0.3 is 10.2 Å². The van der Waals surface area contributed by atoms with Gasteiger partial charge in [-0.1, -0.05) is 30.5 Å². The highest BCUT2D eigenvalue weighted by molar-refractivity contribution is 6.31. The van der Waals surface area contributed by atoms with Crippen LogP contribution in [0.5, 0.6) is 0 Å². The third-order valence-electron chi connectivity index (χ3n) is 5.89. The number of hydrogen-bond donors (Lipinski definition) is 1. The van der Waals surface area contributed by atoms with Gasteiger partial charge in [0.1, 0.15) is 0 Å². The number of piperazine rings is 1. The average molecular weight is 468 g/mol. The molecule has 1 N–H and O–H groups in total. The highest BCUT2D eigenvalue weighted by Gasteiger charge is 2.31. The molecule has 1 amide bonds. The van der Waals surface area contributed by atoms with E-state index in [9.17, 15) is 18.0 Å². The Kier molecular flexibility index (Phi) is 6.85. The summed E-state index contributed by atoms with van der Waals surface area (Å²) in [6.45, 7) is 3.96. The number of amides is 1. The molecule has 2 aromatic rings. The van der Waals surface area contributed by atoms with E-state index in [1.165, 1.54) is 18.9 Å². The summed E-state index contributed by atoms with van der Waals surface area (Å²) in [6.07, 6.45) is -0.870. The minimum atomic E-state index is -4.40. The minimum Gasteiger partial charge on any atom is -0.353 e. The molecule has 2 heterocycles. The zero-order valence-corrected chi connectivity index (χ0v) is 18.3.